The van der Waals surface area contributed by atoms with E-state index in [1.165, 1.54) is 6.92 Å². The lowest BCUT2D eigenvalue weighted by Gasteiger charge is -2.34. The van der Waals surface area contributed by atoms with E-state index in [4.69, 9.17) is 5.73 Å². The predicted octanol–water partition coefficient (Wildman–Crippen LogP) is 1.89. The maximum absolute atomic E-state index is 12.2. The lowest BCUT2D eigenvalue weighted by molar-refractivity contribution is -0.117. The van der Waals surface area contributed by atoms with Gasteiger partial charge in [-0.1, -0.05) is 12.1 Å². The summed E-state index contributed by atoms with van der Waals surface area (Å²) in [7, 11) is 0. The van der Waals surface area contributed by atoms with Gasteiger partial charge in [0.1, 0.15) is 0 Å². The molecule has 0 bridgehead atoms. The Morgan fingerprint density at radius 3 is 2.91 bits per heavy atom. The first-order valence-electron chi connectivity index (χ1n) is 7.84. The third kappa shape index (κ3) is 4.64. The lowest BCUT2D eigenvalue weighted by atomic mass is 9.92. The van der Waals surface area contributed by atoms with Crippen molar-refractivity contribution < 1.29 is 9.59 Å². The number of amides is 1. The van der Waals surface area contributed by atoms with E-state index in [-0.39, 0.29) is 17.7 Å². The average molecular weight is 303 g/mol. The number of piperidine rings is 1. The van der Waals surface area contributed by atoms with Crippen LogP contribution >= 0.6 is 0 Å². The molecule has 1 heterocycles. The molecule has 1 aliphatic heterocycles. The summed E-state index contributed by atoms with van der Waals surface area (Å²) in [6.45, 7) is 5.72. The van der Waals surface area contributed by atoms with Crippen molar-refractivity contribution >= 4 is 17.4 Å². The van der Waals surface area contributed by atoms with Crippen molar-refractivity contribution in [1.82, 2.24) is 4.90 Å². The van der Waals surface area contributed by atoms with Crippen LogP contribution in [-0.4, -0.2) is 42.3 Å². The van der Waals surface area contributed by atoms with Gasteiger partial charge >= 0.3 is 0 Å². The van der Waals surface area contributed by atoms with Crippen LogP contribution in [0.2, 0.25) is 0 Å². The number of carbonyl (C=O) groups is 2. The Morgan fingerprint density at radius 2 is 2.23 bits per heavy atom. The van der Waals surface area contributed by atoms with Crippen LogP contribution in [0.1, 0.15) is 37.0 Å². The van der Waals surface area contributed by atoms with Crippen LogP contribution in [0.4, 0.5) is 5.69 Å². The smallest absolute Gasteiger partial charge is 0.238 e. The number of Topliss-reactive ketones (excluding diaryl/α,β-unsaturated/α-hetero) is 1. The van der Waals surface area contributed by atoms with Crippen molar-refractivity contribution in [3.05, 3.63) is 29.8 Å². The highest BCUT2D eigenvalue weighted by molar-refractivity contribution is 5.97. The molecule has 0 aromatic heterocycles. The van der Waals surface area contributed by atoms with E-state index in [2.05, 4.69) is 10.2 Å². The van der Waals surface area contributed by atoms with Gasteiger partial charge in [-0.3, -0.25) is 14.5 Å². The molecule has 0 spiro atoms. The van der Waals surface area contributed by atoms with Gasteiger partial charge in [0.05, 0.1) is 6.54 Å². The Hall–Kier alpha value is -1.72. The minimum atomic E-state index is -0.0500. The summed E-state index contributed by atoms with van der Waals surface area (Å²) in [5.41, 5.74) is 7.24. The Balaban J connectivity index is 1.90. The van der Waals surface area contributed by atoms with Crippen LogP contribution in [0.5, 0.6) is 0 Å². The molecule has 2 unspecified atom stereocenters. The van der Waals surface area contributed by atoms with E-state index in [1.807, 2.05) is 6.92 Å². The molecule has 5 nitrogen and oxygen atoms in total. The number of nitrogens with one attached hydrogen (secondary N) is 1. The summed E-state index contributed by atoms with van der Waals surface area (Å²) in [6.07, 6.45) is 2.22. The first-order chi connectivity index (χ1) is 10.5. The van der Waals surface area contributed by atoms with Gasteiger partial charge in [0.15, 0.2) is 5.78 Å². The highest BCUT2D eigenvalue weighted by Gasteiger charge is 2.23. The molecule has 3 N–H and O–H groups in total. The Kier molecular flexibility index (Phi) is 5.69. The summed E-state index contributed by atoms with van der Waals surface area (Å²) in [5, 5.41) is 2.86. The standard InChI is InChI=1S/C17H25N3O2/c1-12(18)15-6-4-8-20(10-15)11-17(22)19-16-7-3-5-14(9-16)13(2)21/h3,5,7,9,12,15H,4,6,8,10-11,18H2,1-2H3,(H,19,22). The van der Waals surface area contributed by atoms with Gasteiger partial charge in [-0.15, -0.1) is 0 Å². The summed E-state index contributed by atoms with van der Waals surface area (Å²) >= 11 is 0. The zero-order valence-corrected chi connectivity index (χ0v) is 13.3. The highest BCUT2D eigenvalue weighted by atomic mass is 16.2. The minimum absolute atomic E-state index is 0.00750. The van der Waals surface area contributed by atoms with E-state index in [9.17, 15) is 9.59 Å². The second-order valence-corrected chi connectivity index (χ2v) is 6.18. The molecular formula is C17H25N3O2. The number of carbonyl (C=O) groups excluding carboxylic acids is 2. The maximum Gasteiger partial charge on any atom is 0.238 e. The van der Waals surface area contributed by atoms with Gasteiger partial charge in [0, 0.05) is 23.8 Å². The SMILES string of the molecule is CC(=O)c1cccc(NC(=O)CN2CCCC(C(C)N)C2)c1. The number of likely N-dealkylation sites (tertiary alicyclic amines) is 1. The number of hydrogen-bond donors (Lipinski definition) is 2. The van der Waals surface area contributed by atoms with Crippen LogP contribution < -0.4 is 11.1 Å². The fraction of sp³-hybridized carbons (Fsp3) is 0.529. The van der Waals surface area contributed by atoms with Gasteiger partial charge in [-0.2, -0.15) is 0 Å². The van der Waals surface area contributed by atoms with Gasteiger partial charge < -0.3 is 11.1 Å². The van der Waals surface area contributed by atoms with Crippen LogP contribution in [0.3, 0.4) is 0 Å². The number of ketones is 1. The van der Waals surface area contributed by atoms with Crippen LogP contribution in [0.25, 0.3) is 0 Å². The van der Waals surface area contributed by atoms with Crippen molar-refractivity contribution in [3.63, 3.8) is 0 Å². The summed E-state index contributed by atoms with van der Waals surface area (Å²) in [6, 6.07) is 7.19. The molecule has 2 rings (SSSR count). The molecule has 22 heavy (non-hydrogen) atoms. The maximum atomic E-state index is 12.2. The van der Waals surface area contributed by atoms with E-state index in [0.717, 1.165) is 25.9 Å². The average Bonchev–Trinajstić information content (AvgIpc) is 2.47. The van der Waals surface area contributed by atoms with E-state index in [0.29, 0.717) is 23.7 Å². The third-order valence-electron chi connectivity index (χ3n) is 4.21. The molecule has 5 heteroatoms. The molecule has 1 aromatic carbocycles. The van der Waals surface area contributed by atoms with E-state index in [1.54, 1.807) is 24.3 Å². The van der Waals surface area contributed by atoms with Crippen LogP contribution in [-0.2, 0) is 4.79 Å². The number of nitrogens with two attached hydrogens (primary N) is 1. The van der Waals surface area contributed by atoms with E-state index >= 15 is 0 Å². The number of hydrogen-bond acceptors (Lipinski definition) is 4. The minimum Gasteiger partial charge on any atom is -0.328 e. The molecule has 0 saturated carbocycles. The van der Waals surface area contributed by atoms with E-state index < -0.39 is 0 Å². The second-order valence-electron chi connectivity index (χ2n) is 6.18. The highest BCUT2D eigenvalue weighted by Crippen LogP contribution is 2.18. The fourth-order valence-corrected chi connectivity index (χ4v) is 2.88. The topological polar surface area (TPSA) is 75.4 Å². The molecule has 0 aliphatic carbocycles. The first kappa shape index (κ1) is 16.6. The summed E-state index contributed by atoms with van der Waals surface area (Å²) < 4.78 is 0. The Morgan fingerprint density at radius 1 is 1.45 bits per heavy atom. The number of nitrogens with zero attached hydrogens (tertiary/aromatic N) is 1. The molecule has 0 radical (unpaired) electrons. The second kappa shape index (κ2) is 7.51. The van der Waals surface area contributed by atoms with Crippen LogP contribution in [0, 0.1) is 5.92 Å². The number of rotatable bonds is 5. The fourth-order valence-electron chi connectivity index (χ4n) is 2.88. The van der Waals surface area contributed by atoms with Gasteiger partial charge in [-0.25, -0.2) is 0 Å². The quantitative estimate of drug-likeness (QED) is 0.815. The molecule has 1 saturated heterocycles. The largest absolute Gasteiger partial charge is 0.328 e. The third-order valence-corrected chi connectivity index (χ3v) is 4.21. The number of anilines is 1. The molecule has 1 amide bonds. The van der Waals surface area contributed by atoms with Crippen molar-refractivity contribution in [1.29, 1.82) is 0 Å². The van der Waals surface area contributed by atoms with Crippen molar-refractivity contribution in [2.24, 2.45) is 11.7 Å². The molecular weight excluding hydrogens is 278 g/mol. The summed E-state index contributed by atoms with van der Waals surface area (Å²) in [4.78, 5) is 25.7. The first-order valence-corrected chi connectivity index (χ1v) is 7.84. The summed E-state index contributed by atoms with van der Waals surface area (Å²) in [5.74, 6) is 0.403. The normalized spacial score (nSPS) is 20.4. The Bertz CT molecular complexity index is 542. The number of benzene rings is 1. The van der Waals surface area contributed by atoms with Gasteiger partial charge in [0.2, 0.25) is 5.91 Å². The van der Waals surface area contributed by atoms with Crippen molar-refractivity contribution in [2.75, 3.05) is 25.0 Å². The van der Waals surface area contributed by atoms with Crippen molar-refractivity contribution in [2.45, 2.75) is 32.7 Å². The van der Waals surface area contributed by atoms with Crippen LogP contribution in [0.15, 0.2) is 24.3 Å². The molecule has 2 atom stereocenters. The zero-order chi connectivity index (χ0) is 16.1. The monoisotopic (exact) mass is 303 g/mol. The lowest BCUT2D eigenvalue weighted by Crippen LogP contribution is -2.45. The van der Waals surface area contributed by atoms with Gasteiger partial charge in [-0.05, 0) is 51.3 Å². The van der Waals surface area contributed by atoms with Gasteiger partial charge in [0.25, 0.3) is 0 Å². The van der Waals surface area contributed by atoms with Crippen molar-refractivity contribution in [3.8, 4) is 0 Å². The molecule has 1 aromatic rings. The molecule has 120 valence electrons. The molecule has 1 fully saturated rings. The zero-order valence-electron chi connectivity index (χ0n) is 13.3. The molecule has 1 aliphatic rings. The predicted molar refractivity (Wildman–Crippen MR) is 87.9 cm³/mol. The Labute approximate surface area is 131 Å².